The van der Waals surface area contributed by atoms with E-state index < -0.39 is 0 Å². The van der Waals surface area contributed by atoms with Gasteiger partial charge < -0.3 is 9.64 Å². The summed E-state index contributed by atoms with van der Waals surface area (Å²) in [6.45, 7) is 1.53. The molecule has 0 spiro atoms. The summed E-state index contributed by atoms with van der Waals surface area (Å²) in [5, 5.41) is 1.60. The third-order valence-corrected chi connectivity index (χ3v) is 4.53. The summed E-state index contributed by atoms with van der Waals surface area (Å²) in [7, 11) is 0. The Balaban J connectivity index is 1.55. The quantitative estimate of drug-likeness (QED) is 0.707. The molecule has 0 N–H and O–H groups in total. The van der Waals surface area contributed by atoms with Crippen LogP contribution in [0.1, 0.15) is 22.2 Å². The Morgan fingerprint density at radius 2 is 2.00 bits per heavy atom. The van der Waals surface area contributed by atoms with E-state index in [9.17, 15) is 4.79 Å². The van der Waals surface area contributed by atoms with Gasteiger partial charge >= 0.3 is 0 Å². The Morgan fingerprint density at radius 1 is 1.16 bits per heavy atom. The molecule has 4 rings (SSSR count). The molecule has 3 aromatic rings. The zero-order valence-electron chi connectivity index (χ0n) is 13.4. The van der Waals surface area contributed by atoms with E-state index >= 15 is 0 Å². The van der Waals surface area contributed by atoms with E-state index in [0.717, 1.165) is 10.9 Å². The standard InChI is InChI=1S/C19H16ClN3O2/c20-15-6-3-13(4-7-15)17-12-23(10-11-25-17)19(24)16-8-5-14-2-1-9-21-18(14)22-16/h1-9,17H,10-12H2/t17-/m0/s1. The lowest BCUT2D eigenvalue weighted by Crippen LogP contribution is -2.42. The fourth-order valence-corrected chi connectivity index (χ4v) is 3.07. The number of hydrogen-bond donors (Lipinski definition) is 0. The van der Waals surface area contributed by atoms with Crippen LogP contribution in [0.2, 0.25) is 5.02 Å². The van der Waals surface area contributed by atoms with E-state index in [4.69, 9.17) is 16.3 Å². The van der Waals surface area contributed by atoms with Gasteiger partial charge in [-0.1, -0.05) is 23.7 Å². The number of aromatic nitrogens is 2. The highest BCUT2D eigenvalue weighted by molar-refractivity contribution is 6.30. The van der Waals surface area contributed by atoms with Gasteiger partial charge in [0.05, 0.1) is 13.2 Å². The molecule has 1 amide bonds. The van der Waals surface area contributed by atoms with Gasteiger partial charge in [0.1, 0.15) is 11.8 Å². The average Bonchev–Trinajstić information content (AvgIpc) is 2.68. The van der Waals surface area contributed by atoms with Crippen LogP contribution in [0.4, 0.5) is 0 Å². The minimum absolute atomic E-state index is 0.102. The van der Waals surface area contributed by atoms with Gasteiger partial charge in [0.25, 0.3) is 5.91 Å². The minimum atomic E-state index is -0.159. The van der Waals surface area contributed by atoms with Gasteiger partial charge in [0.15, 0.2) is 5.65 Å². The van der Waals surface area contributed by atoms with Crippen LogP contribution < -0.4 is 0 Å². The molecule has 3 heterocycles. The second kappa shape index (κ2) is 6.78. The van der Waals surface area contributed by atoms with Gasteiger partial charge in [0, 0.05) is 23.2 Å². The highest BCUT2D eigenvalue weighted by Crippen LogP contribution is 2.24. The third kappa shape index (κ3) is 3.34. The summed E-state index contributed by atoms with van der Waals surface area (Å²) in [5.41, 5.74) is 1.99. The molecular weight excluding hydrogens is 338 g/mol. The molecule has 2 aromatic heterocycles. The lowest BCUT2D eigenvalue weighted by atomic mass is 10.1. The van der Waals surface area contributed by atoms with Crippen molar-refractivity contribution in [2.75, 3.05) is 19.7 Å². The lowest BCUT2D eigenvalue weighted by molar-refractivity contribution is -0.0230. The number of hydrogen-bond acceptors (Lipinski definition) is 4. The van der Waals surface area contributed by atoms with E-state index in [0.29, 0.717) is 36.1 Å². The van der Waals surface area contributed by atoms with Gasteiger partial charge in [-0.05, 0) is 42.0 Å². The largest absolute Gasteiger partial charge is 0.370 e. The Morgan fingerprint density at radius 3 is 2.84 bits per heavy atom. The van der Waals surface area contributed by atoms with Crippen LogP contribution >= 0.6 is 11.6 Å². The lowest BCUT2D eigenvalue weighted by Gasteiger charge is -2.33. The first-order chi connectivity index (χ1) is 12.2. The van der Waals surface area contributed by atoms with Crippen molar-refractivity contribution in [2.45, 2.75) is 6.10 Å². The van der Waals surface area contributed by atoms with Gasteiger partial charge in [0.2, 0.25) is 0 Å². The number of carbonyl (C=O) groups excluding carboxylic acids is 1. The average molecular weight is 354 g/mol. The van der Waals surface area contributed by atoms with Crippen molar-refractivity contribution in [3.8, 4) is 0 Å². The normalized spacial score (nSPS) is 17.6. The number of morpholine rings is 1. The van der Waals surface area contributed by atoms with E-state index in [1.807, 2.05) is 42.5 Å². The monoisotopic (exact) mass is 353 g/mol. The van der Waals surface area contributed by atoms with Crippen LogP contribution in [0.15, 0.2) is 54.7 Å². The van der Waals surface area contributed by atoms with Crippen molar-refractivity contribution in [1.82, 2.24) is 14.9 Å². The first kappa shape index (κ1) is 16.0. The number of benzene rings is 1. The molecule has 0 bridgehead atoms. The third-order valence-electron chi connectivity index (χ3n) is 4.28. The van der Waals surface area contributed by atoms with Crippen LogP contribution in [0.5, 0.6) is 0 Å². The molecule has 0 radical (unpaired) electrons. The number of carbonyl (C=O) groups is 1. The fraction of sp³-hybridized carbons (Fsp3) is 0.211. The molecule has 0 saturated carbocycles. The Labute approximate surface area is 150 Å². The van der Waals surface area contributed by atoms with E-state index in [2.05, 4.69) is 9.97 Å². The summed E-state index contributed by atoms with van der Waals surface area (Å²) in [6, 6.07) is 14.9. The van der Waals surface area contributed by atoms with Gasteiger partial charge in [-0.3, -0.25) is 4.79 Å². The van der Waals surface area contributed by atoms with Crippen LogP contribution in [-0.4, -0.2) is 40.5 Å². The highest BCUT2D eigenvalue weighted by atomic mass is 35.5. The van der Waals surface area contributed by atoms with Crippen LogP contribution in [0, 0.1) is 0 Å². The molecule has 1 aliphatic rings. The predicted molar refractivity (Wildman–Crippen MR) is 95.6 cm³/mol. The van der Waals surface area contributed by atoms with Crippen LogP contribution in [0.3, 0.4) is 0 Å². The number of fused-ring (bicyclic) bond motifs is 1. The molecule has 1 aromatic carbocycles. The topological polar surface area (TPSA) is 55.3 Å². The molecule has 1 aliphatic heterocycles. The first-order valence-electron chi connectivity index (χ1n) is 8.09. The minimum Gasteiger partial charge on any atom is -0.370 e. The molecule has 1 fully saturated rings. The van der Waals surface area contributed by atoms with Crippen molar-refractivity contribution in [3.63, 3.8) is 0 Å². The Bertz CT molecular complexity index is 914. The summed E-state index contributed by atoms with van der Waals surface area (Å²) < 4.78 is 5.82. The highest BCUT2D eigenvalue weighted by Gasteiger charge is 2.27. The molecule has 1 saturated heterocycles. The zero-order valence-corrected chi connectivity index (χ0v) is 14.2. The maximum Gasteiger partial charge on any atom is 0.272 e. The Kier molecular flexibility index (Phi) is 4.34. The number of rotatable bonds is 2. The summed E-state index contributed by atoms with van der Waals surface area (Å²) >= 11 is 5.94. The van der Waals surface area contributed by atoms with E-state index in [1.54, 1.807) is 17.2 Å². The molecule has 25 heavy (non-hydrogen) atoms. The van der Waals surface area contributed by atoms with Crippen molar-refractivity contribution in [3.05, 3.63) is 71.0 Å². The maximum absolute atomic E-state index is 12.8. The molecule has 5 nitrogen and oxygen atoms in total. The zero-order chi connectivity index (χ0) is 17.2. The smallest absolute Gasteiger partial charge is 0.272 e. The van der Waals surface area contributed by atoms with Crippen molar-refractivity contribution < 1.29 is 9.53 Å². The van der Waals surface area contributed by atoms with Crippen LogP contribution in [-0.2, 0) is 4.74 Å². The predicted octanol–water partition coefficient (Wildman–Crippen LogP) is 3.50. The summed E-state index contributed by atoms with van der Waals surface area (Å²) in [5.74, 6) is -0.102. The van der Waals surface area contributed by atoms with E-state index in [-0.39, 0.29) is 12.0 Å². The molecule has 0 unspecified atom stereocenters. The number of pyridine rings is 2. The number of halogens is 1. The van der Waals surface area contributed by atoms with Gasteiger partial charge in [-0.2, -0.15) is 0 Å². The molecule has 126 valence electrons. The number of nitrogens with zero attached hydrogens (tertiary/aromatic N) is 3. The van der Waals surface area contributed by atoms with Crippen molar-refractivity contribution in [2.24, 2.45) is 0 Å². The van der Waals surface area contributed by atoms with Crippen molar-refractivity contribution >= 4 is 28.5 Å². The first-order valence-corrected chi connectivity index (χ1v) is 8.46. The second-order valence-corrected chi connectivity index (χ2v) is 6.35. The number of ether oxygens (including phenoxy) is 1. The van der Waals surface area contributed by atoms with Gasteiger partial charge in [-0.25, -0.2) is 9.97 Å². The molecule has 0 aliphatic carbocycles. The molecular formula is C19H16ClN3O2. The van der Waals surface area contributed by atoms with Crippen molar-refractivity contribution in [1.29, 1.82) is 0 Å². The summed E-state index contributed by atoms with van der Waals surface area (Å²) in [4.78, 5) is 23.2. The molecule has 1 atom stereocenters. The summed E-state index contributed by atoms with van der Waals surface area (Å²) in [6.07, 6.45) is 1.52. The Hall–Kier alpha value is -2.50. The maximum atomic E-state index is 12.8. The van der Waals surface area contributed by atoms with Gasteiger partial charge in [-0.15, -0.1) is 0 Å². The molecule has 6 heteroatoms. The van der Waals surface area contributed by atoms with E-state index in [1.165, 1.54) is 0 Å². The number of amides is 1. The second-order valence-electron chi connectivity index (χ2n) is 5.91. The fourth-order valence-electron chi connectivity index (χ4n) is 2.95. The van der Waals surface area contributed by atoms with Crippen LogP contribution in [0.25, 0.3) is 11.0 Å². The SMILES string of the molecule is O=C(c1ccc2cccnc2n1)N1CCO[C@H](c2ccc(Cl)cc2)C1.